The van der Waals surface area contributed by atoms with Crippen LogP contribution in [-0.2, 0) is 20.4 Å². The minimum absolute atomic E-state index is 0. The zero-order valence-corrected chi connectivity index (χ0v) is 35.0. The second-order valence-corrected chi connectivity index (χ2v) is 17.0. The van der Waals surface area contributed by atoms with Gasteiger partial charge in [0.25, 0.3) is 0 Å². The number of hydrogen-bond donors (Lipinski definition) is 0. The first-order valence-corrected chi connectivity index (χ1v) is 21.3. The molecule has 0 fully saturated rings. The number of rotatable bonds is 8. The van der Waals surface area contributed by atoms with Crippen molar-refractivity contribution in [3.05, 3.63) is 243 Å². The monoisotopic (exact) mass is 850 g/mol. The van der Waals surface area contributed by atoms with Crippen LogP contribution in [0.25, 0.3) is 0 Å². The van der Waals surface area contributed by atoms with Crippen LogP contribution in [0.1, 0.15) is 0 Å². The first-order chi connectivity index (χ1) is 25.8. The minimum Gasteiger partial charge on any atom is -0.0622 e. The molecular weight excluding hydrogens is 807 g/mol. The van der Waals surface area contributed by atoms with E-state index in [1.54, 1.807) is 0 Å². The third-order valence-electron chi connectivity index (χ3n) is 7.35. The largest absolute Gasteiger partial charge is 0.0622 e. The normalized spacial score (nSPS) is 9.66. The van der Waals surface area contributed by atoms with E-state index in [9.17, 15) is 0 Å². The van der Waals surface area contributed by atoms with Crippen LogP contribution in [0.3, 0.4) is 0 Å². The van der Waals surface area contributed by atoms with Gasteiger partial charge < -0.3 is 0 Å². The molecule has 0 aliphatic rings. The van der Waals surface area contributed by atoms with Crippen LogP contribution in [0.2, 0.25) is 0 Å². The molecule has 8 aromatic carbocycles. The topological polar surface area (TPSA) is 0 Å². The van der Waals surface area contributed by atoms with Crippen LogP contribution < -0.4 is 42.4 Å². The molecule has 0 unspecified atom stereocenters. The molecule has 0 aliphatic heterocycles. The van der Waals surface area contributed by atoms with E-state index in [2.05, 4.69) is 243 Å². The van der Waals surface area contributed by atoms with Gasteiger partial charge in [-0.3, -0.25) is 0 Å². The fraction of sp³-hybridized carbons (Fsp3) is 0. The molecule has 8 rings (SSSR count). The van der Waals surface area contributed by atoms with E-state index in [-0.39, 0.29) is 20.4 Å². The molecule has 8 aromatic rings. The van der Waals surface area contributed by atoms with Gasteiger partial charge in [0.05, 0.1) is 0 Å². The Labute approximate surface area is 337 Å². The fourth-order valence-electron chi connectivity index (χ4n) is 4.84. The van der Waals surface area contributed by atoms with Gasteiger partial charge in [0.1, 0.15) is 0 Å². The molecule has 5 heteroatoms. The summed E-state index contributed by atoms with van der Waals surface area (Å²) in [6.45, 7) is 0. The Balaban J connectivity index is 0.000000157. The van der Waals surface area contributed by atoms with Gasteiger partial charge in [0, 0.05) is 20.4 Å². The molecule has 0 spiro atoms. The summed E-state index contributed by atoms with van der Waals surface area (Å²) in [4.78, 5) is 0. The average molecular weight is 851 g/mol. The summed E-state index contributed by atoms with van der Waals surface area (Å²) in [5.74, 6) is 0. The summed E-state index contributed by atoms with van der Waals surface area (Å²) in [6, 6.07) is 84.6. The van der Waals surface area contributed by atoms with E-state index in [0.717, 1.165) is 34.3 Å². The smallest absolute Gasteiger partial charge is 0 e. The number of hydrogen-bond acceptors (Lipinski definition) is 0. The zero-order valence-electron chi connectivity index (χ0n) is 29.4. The van der Waals surface area contributed by atoms with Crippen LogP contribution in [-0.4, -0.2) is 0 Å². The molecule has 0 aliphatic carbocycles. The maximum atomic E-state index is 2.17. The Morgan fingerprint density at radius 1 is 0.151 bits per heavy atom. The quantitative estimate of drug-likeness (QED) is 0.106. The Bertz CT molecular complexity index is 1580. The summed E-state index contributed by atoms with van der Waals surface area (Å²) in [7, 11) is 3.11. The van der Waals surface area contributed by atoms with Crippen molar-refractivity contribution < 1.29 is 20.4 Å². The van der Waals surface area contributed by atoms with Crippen LogP contribution in [0, 0.1) is 0 Å². The summed E-state index contributed by atoms with van der Waals surface area (Å²) >= 11 is 0. The second-order valence-electron chi connectivity index (χ2n) is 11.4. The van der Waals surface area contributed by atoms with Gasteiger partial charge in [-0.05, 0) is 42.4 Å². The average Bonchev–Trinajstić information content (AvgIpc) is 3.22. The molecule has 0 heterocycles. The molecule has 0 nitrogen and oxygen atoms in total. The molecule has 0 radical (unpaired) electrons. The predicted molar refractivity (Wildman–Crippen MR) is 242 cm³/mol. The van der Waals surface area contributed by atoms with Crippen molar-refractivity contribution in [2.45, 2.75) is 0 Å². The van der Waals surface area contributed by atoms with Gasteiger partial charge in [0.2, 0.25) is 0 Å². The Kier molecular flexibility index (Phi) is 20.6. The van der Waals surface area contributed by atoms with Gasteiger partial charge in [-0.15, -0.1) is 0 Å². The van der Waals surface area contributed by atoms with Crippen molar-refractivity contribution >= 4 is 76.8 Å². The Morgan fingerprint density at radius 3 is 0.340 bits per heavy atom. The van der Waals surface area contributed by atoms with Crippen LogP contribution >= 0.6 is 34.3 Å². The standard InChI is InChI=1S/4C12H11P.Pd/c4*1-3-7-11(8-4-1)13-12-9-5-2-6-10-12;/h4*1-10,13H;. The van der Waals surface area contributed by atoms with Crippen LogP contribution in [0.5, 0.6) is 0 Å². The summed E-state index contributed by atoms with van der Waals surface area (Å²) < 4.78 is 0. The maximum Gasteiger partial charge on any atom is 0 e. The second kappa shape index (κ2) is 26.0. The third-order valence-corrected chi connectivity index (χ3v) is 12.3. The van der Waals surface area contributed by atoms with Gasteiger partial charge in [-0.25, -0.2) is 0 Å². The van der Waals surface area contributed by atoms with E-state index in [1.165, 1.54) is 42.4 Å². The van der Waals surface area contributed by atoms with Crippen molar-refractivity contribution in [2.75, 3.05) is 0 Å². The predicted octanol–water partition coefficient (Wildman–Crippen LogP) is 9.26. The maximum absolute atomic E-state index is 2.17. The van der Waals surface area contributed by atoms with Crippen molar-refractivity contribution in [1.29, 1.82) is 0 Å². The molecule has 0 bridgehead atoms. The molecule has 0 N–H and O–H groups in total. The van der Waals surface area contributed by atoms with E-state index in [1.807, 2.05) is 0 Å². The third kappa shape index (κ3) is 17.7. The first kappa shape index (κ1) is 41.9. The van der Waals surface area contributed by atoms with Gasteiger partial charge in [-0.2, -0.15) is 0 Å². The van der Waals surface area contributed by atoms with Crippen molar-refractivity contribution in [3.63, 3.8) is 0 Å². The first-order valence-electron chi connectivity index (χ1n) is 17.3. The summed E-state index contributed by atoms with van der Waals surface area (Å²) in [6.07, 6.45) is 0. The molecule has 0 atom stereocenters. The molecule has 266 valence electrons. The molecule has 0 amide bonds. The van der Waals surface area contributed by atoms with Gasteiger partial charge in [0.15, 0.2) is 0 Å². The van der Waals surface area contributed by atoms with E-state index in [0.29, 0.717) is 0 Å². The zero-order chi connectivity index (χ0) is 35.7. The molecular formula is C48H44P4Pd. The minimum atomic E-state index is 0. The van der Waals surface area contributed by atoms with Crippen LogP contribution in [0.15, 0.2) is 243 Å². The van der Waals surface area contributed by atoms with E-state index in [4.69, 9.17) is 0 Å². The SMILES string of the molecule is [Pd].c1ccc(Pc2ccccc2)cc1.c1ccc(Pc2ccccc2)cc1.c1ccc(Pc2ccccc2)cc1.c1ccc(Pc2ccccc2)cc1. The van der Waals surface area contributed by atoms with Crippen molar-refractivity contribution in [1.82, 2.24) is 0 Å². The Morgan fingerprint density at radius 2 is 0.245 bits per heavy atom. The molecule has 0 saturated heterocycles. The van der Waals surface area contributed by atoms with Gasteiger partial charge >= 0.3 is 0 Å². The number of benzene rings is 8. The summed E-state index contributed by atoms with van der Waals surface area (Å²) in [5, 5.41) is 11.2. The molecule has 53 heavy (non-hydrogen) atoms. The van der Waals surface area contributed by atoms with Crippen molar-refractivity contribution in [3.8, 4) is 0 Å². The molecule has 0 aromatic heterocycles. The fourth-order valence-corrected chi connectivity index (χ4v) is 9.04. The van der Waals surface area contributed by atoms with Gasteiger partial charge in [-0.1, -0.05) is 277 Å². The van der Waals surface area contributed by atoms with Crippen LogP contribution in [0.4, 0.5) is 0 Å². The van der Waals surface area contributed by atoms with E-state index < -0.39 is 0 Å². The molecule has 0 saturated carbocycles. The van der Waals surface area contributed by atoms with E-state index >= 15 is 0 Å². The summed E-state index contributed by atoms with van der Waals surface area (Å²) in [5.41, 5.74) is 0. The Hall–Kier alpha value is -3.86. The van der Waals surface area contributed by atoms with Crippen molar-refractivity contribution in [2.24, 2.45) is 0 Å².